The first-order valence-electron chi connectivity index (χ1n) is 28.9. The second-order valence-electron chi connectivity index (χ2n) is 19.7. The van der Waals surface area contributed by atoms with E-state index in [1.807, 2.05) is 6.92 Å². The van der Waals surface area contributed by atoms with Gasteiger partial charge in [0.25, 0.3) is 0 Å². The molecule has 62 heavy (non-hydrogen) atoms. The Balaban J connectivity index is 0. The van der Waals surface area contributed by atoms with Gasteiger partial charge >= 0.3 is 11.9 Å². The van der Waals surface area contributed by atoms with Gasteiger partial charge in [0, 0.05) is 6.42 Å². The molecule has 0 rings (SSSR count). The third kappa shape index (κ3) is 57.0. The normalized spacial score (nSPS) is 11.7. The molecule has 1 N–H and O–H groups in total. The molecule has 4 heteroatoms. The van der Waals surface area contributed by atoms with E-state index < -0.39 is 5.97 Å². The van der Waals surface area contributed by atoms with Crippen molar-refractivity contribution in [3.05, 3.63) is 0 Å². The highest BCUT2D eigenvalue weighted by Crippen LogP contribution is 2.22. The molecular weight excluding hydrogens is 761 g/mol. The van der Waals surface area contributed by atoms with Crippen molar-refractivity contribution in [3.63, 3.8) is 0 Å². The molecule has 0 saturated heterocycles. The summed E-state index contributed by atoms with van der Waals surface area (Å²) in [5, 5.41) is 8.52. The number of carbonyl (C=O) groups is 2. The van der Waals surface area contributed by atoms with Gasteiger partial charge in [-0.05, 0) is 26.2 Å². The predicted octanol–water partition coefficient (Wildman–Crippen LogP) is 20.8. The zero-order valence-corrected chi connectivity index (χ0v) is 43.3. The quantitative estimate of drug-likeness (QED) is 0.0488. The molecule has 0 aromatic heterocycles. The lowest BCUT2D eigenvalue weighted by atomic mass is 9.94. The third-order valence-electron chi connectivity index (χ3n) is 13.4. The zero-order valence-electron chi connectivity index (χ0n) is 43.3. The van der Waals surface area contributed by atoms with Crippen molar-refractivity contribution < 1.29 is 19.4 Å². The molecule has 0 bridgehead atoms. The van der Waals surface area contributed by atoms with Crippen molar-refractivity contribution in [1.82, 2.24) is 0 Å². The second-order valence-corrected chi connectivity index (χ2v) is 19.7. The van der Waals surface area contributed by atoms with Crippen LogP contribution in [0.4, 0.5) is 0 Å². The van der Waals surface area contributed by atoms with Gasteiger partial charge in [-0.15, -0.1) is 0 Å². The first-order chi connectivity index (χ1) is 30.5. The number of carboxylic acid groups (broad SMARTS) is 1. The summed E-state index contributed by atoms with van der Waals surface area (Å²) in [5.74, 6) is -0.442. The van der Waals surface area contributed by atoms with Crippen LogP contribution in [0.5, 0.6) is 0 Å². The molecule has 1 atom stereocenters. The van der Waals surface area contributed by atoms with E-state index >= 15 is 0 Å². The Labute approximate surface area is 391 Å². The van der Waals surface area contributed by atoms with Crippen LogP contribution in [-0.2, 0) is 14.3 Å². The van der Waals surface area contributed by atoms with E-state index in [1.54, 1.807) is 0 Å². The van der Waals surface area contributed by atoms with Crippen LogP contribution in [0.1, 0.15) is 349 Å². The van der Waals surface area contributed by atoms with Gasteiger partial charge in [-0.3, -0.25) is 9.59 Å². The molecule has 0 radical (unpaired) electrons. The minimum absolute atomic E-state index is 0.0687. The molecule has 4 nitrogen and oxygen atoms in total. The van der Waals surface area contributed by atoms with Gasteiger partial charge in [0.15, 0.2) is 0 Å². The highest BCUT2D eigenvalue weighted by Gasteiger charge is 2.18. The number of carboxylic acids is 1. The number of aliphatic carboxylic acids is 1. The maximum Gasteiger partial charge on any atom is 0.308 e. The molecule has 372 valence electrons. The number of hydrogen-bond donors (Lipinski definition) is 1. The first kappa shape index (κ1) is 63.0. The van der Waals surface area contributed by atoms with Crippen LogP contribution < -0.4 is 0 Å². The number of ether oxygens (including phenoxy) is 1. The molecule has 0 aliphatic rings. The Morgan fingerprint density at radius 3 is 0.694 bits per heavy atom. The highest BCUT2D eigenvalue weighted by molar-refractivity contribution is 5.72. The van der Waals surface area contributed by atoms with Crippen LogP contribution in [0.25, 0.3) is 0 Å². The third-order valence-corrected chi connectivity index (χ3v) is 13.4. The molecule has 0 aromatic rings. The van der Waals surface area contributed by atoms with Crippen molar-refractivity contribution in [1.29, 1.82) is 0 Å². The van der Waals surface area contributed by atoms with Gasteiger partial charge in [0.1, 0.15) is 0 Å². The molecule has 1 unspecified atom stereocenters. The topological polar surface area (TPSA) is 63.6 Å². The number of rotatable bonds is 52. The summed E-state index contributed by atoms with van der Waals surface area (Å²) < 4.78 is 5.42. The molecule has 0 fully saturated rings. The van der Waals surface area contributed by atoms with Crippen molar-refractivity contribution >= 4 is 11.9 Å². The molecule has 0 aliphatic heterocycles. The second kappa shape index (κ2) is 58.0. The van der Waals surface area contributed by atoms with Crippen LogP contribution in [0.2, 0.25) is 0 Å². The predicted molar refractivity (Wildman–Crippen MR) is 276 cm³/mol. The molecule has 0 heterocycles. The van der Waals surface area contributed by atoms with Gasteiger partial charge in [-0.25, -0.2) is 0 Å². The maximum atomic E-state index is 12.5. The van der Waals surface area contributed by atoms with E-state index in [0.717, 1.165) is 25.7 Å². The van der Waals surface area contributed by atoms with E-state index in [2.05, 4.69) is 20.8 Å². The number of hydrogen-bond acceptors (Lipinski definition) is 3. The Kier molecular flexibility index (Phi) is 58.9. The number of carbonyl (C=O) groups excluding carboxylic acids is 1. The van der Waals surface area contributed by atoms with Crippen LogP contribution in [-0.4, -0.2) is 23.7 Å². The van der Waals surface area contributed by atoms with E-state index in [9.17, 15) is 9.59 Å². The van der Waals surface area contributed by atoms with E-state index in [-0.39, 0.29) is 11.9 Å². The van der Waals surface area contributed by atoms with Gasteiger partial charge in [-0.2, -0.15) is 0 Å². The van der Waals surface area contributed by atoms with Crippen molar-refractivity contribution in [3.8, 4) is 0 Å². The smallest absolute Gasteiger partial charge is 0.308 e. The summed E-state index contributed by atoms with van der Waals surface area (Å²) in [7, 11) is 0. The first-order valence-corrected chi connectivity index (χ1v) is 28.9. The largest absolute Gasteiger partial charge is 0.481 e. The summed E-state index contributed by atoms with van der Waals surface area (Å²) in [6.45, 7) is 9.33. The SMILES string of the molecule is CCCCCCCCCCCCCCCCCC(=O)O.CCCCCCCCCCCCCCCCCCCCC(CCCCCCCCCCCCCCCC)C(=O)OCC. The van der Waals surface area contributed by atoms with Crippen molar-refractivity contribution in [2.75, 3.05) is 6.61 Å². The van der Waals surface area contributed by atoms with Gasteiger partial charge in [0.05, 0.1) is 12.5 Å². The fourth-order valence-corrected chi connectivity index (χ4v) is 9.17. The lowest BCUT2D eigenvalue weighted by Gasteiger charge is -2.15. The minimum atomic E-state index is -0.653. The molecule has 0 spiro atoms. The standard InChI is InChI=1S/C40H80O2.C18H36O2/c1-4-7-9-11-13-15-17-19-21-22-23-24-26-28-30-32-34-36-38-39(40(41)42-6-3)37-35-33-31-29-27-25-20-18-16-14-12-10-8-5-2;1-2-3-4-5-6-7-8-9-10-11-12-13-14-15-16-17-18(19)20/h39H,4-38H2,1-3H3;2-17H2,1H3,(H,19,20). The van der Waals surface area contributed by atoms with Crippen LogP contribution in [0, 0.1) is 5.92 Å². The molecule has 0 saturated carbocycles. The molecule has 0 aliphatic carbocycles. The van der Waals surface area contributed by atoms with Gasteiger partial charge in [0.2, 0.25) is 0 Å². The van der Waals surface area contributed by atoms with E-state index in [1.165, 1.54) is 289 Å². The van der Waals surface area contributed by atoms with E-state index in [0.29, 0.717) is 13.0 Å². The maximum absolute atomic E-state index is 12.5. The zero-order chi connectivity index (χ0) is 45.5. The summed E-state index contributed by atoms with van der Waals surface area (Å²) >= 11 is 0. The lowest BCUT2D eigenvalue weighted by molar-refractivity contribution is -0.148. The average Bonchev–Trinajstić information content (AvgIpc) is 3.26. The summed E-state index contributed by atoms with van der Waals surface area (Å²) in [4.78, 5) is 22.8. The van der Waals surface area contributed by atoms with Gasteiger partial charge in [-0.1, -0.05) is 316 Å². The highest BCUT2D eigenvalue weighted by atomic mass is 16.5. The minimum Gasteiger partial charge on any atom is -0.481 e. The monoisotopic (exact) mass is 877 g/mol. The van der Waals surface area contributed by atoms with Gasteiger partial charge < -0.3 is 9.84 Å². The summed E-state index contributed by atoms with van der Waals surface area (Å²) in [5.41, 5.74) is 0. The summed E-state index contributed by atoms with van der Waals surface area (Å²) in [6.07, 6.45) is 67.0. The van der Waals surface area contributed by atoms with Crippen molar-refractivity contribution in [2.45, 2.75) is 349 Å². The molecule has 0 aromatic carbocycles. The fourth-order valence-electron chi connectivity index (χ4n) is 9.17. The summed E-state index contributed by atoms with van der Waals surface area (Å²) in [6, 6.07) is 0. The Hall–Kier alpha value is -1.06. The Morgan fingerprint density at radius 1 is 0.306 bits per heavy atom. The Morgan fingerprint density at radius 2 is 0.500 bits per heavy atom. The number of unbranched alkanes of at least 4 members (excludes halogenated alkanes) is 44. The van der Waals surface area contributed by atoms with Crippen LogP contribution in [0.15, 0.2) is 0 Å². The Bertz CT molecular complexity index is 826. The average molecular weight is 878 g/mol. The lowest BCUT2D eigenvalue weighted by Crippen LogP contribution is -2.18. The van der Waals surface area contributed by atoms with E-state index in [4.69, 9.17) is 9.84 Å². The van der Waals surface area contributed by atoms with Crippen LogP contribution >= 0.6 is 0 Å². The fraction of sp³-hybridized carbons (Fsp3) is 0.966. The molecular formula is C58H116O4. The van der Waals surface area contributed by atoms with Crippen LogP contribution in [0.3, 0.4) is 0 Å². The molecule has 0 amide bonds. The number of esters is 1. The van der Waals surface area contributed by atoms with Crippen molar-refractivity contribution in [2.24, 2.45) is 5.92 Å².